The van der Waals surface area contributed by atoms with Gasteiger partial charge in [-0.2, -0.15) is 13.2 Å². The Kier molecular flexibility index (Phi) is 5.41. The SMILES string of the molecule is O=C(CCSc1nnc(-c2ccccc2)n1-c1ccccc1)C(F)(F)F. The summed E-state index contributed by atoms with van der Waals surface area (Å²) in [6.07, 6.45) is -5.40. The second kappa shape index (κ2) is 7.74. The molecular weight excluding hydrogens is 363 g/mol. The Bertz CT molecular complexity index is 880. The van der Waals surface area contributed by atoms with E-state index in [9.17, 15) is 18.0 Å². The molecule has 0 unspecified atom stereocenters. The number of nitrogens with zero attached hydrogens (tertiary/aromatic N) is 3. The van der Waals surface area contributed by atoms with Crippen LogP contribution in [0.5, 0.6) is 0 Å². The minimum absolute atomic E-state index is 0.0297. The van der Waals surface area contributed by atoms with E-state index in [0.29, 0.717) is 11.0 Å². The number of hydrogen-bond acceptors (Lipinski definition) is 4. The molecule has 1 heterocycles. The Morgan fingerprint density at radius 2 is 1.58 bits per heavy atom. The molecule has 0 aliphatic rings. The molecule has 0 bridgehead atoms. The molecule has 0 N–H and O–H groups in total. The van der Waals surface area contributed by atoms with Crippen LogP contribution in [-0.2, 0) is 4.79 Å². The van der Waals surface area contributed by atoms with Crippen LogP contribution < -0.4 is 0 Å². The molecule has 0 radical (unpaired) electrons. The van der Waals surface area contributed by atoms with Gasteiger partial charge in [-0.1, -0.05) is 60.3 Å². The van der Waals surface area contributed by atoms with Crippen LogP contribution in [-0.4, -0.2) is 32.5 Å². The largest absolute Gasteiger partial charge is 0.450 e. The van der Waals surface area contributed by atoms with Gasteiger partial charge in [-0.25, -0.2) is 0 Å². The van der Waals surface area contributed by atoms with E-state index in [-0.39, 0.29) is 5.75 Å². The molecule has 2 aromatic carbocycles. The lowest BCUT2D eigenvalue weighted by Crippen LogP contribution is -2.22. The van der Waals surface area contributed by atoms with E-state index in [1.807, 2.05) is 60.7 Å². The smallest absolute Gasteiger partial charge is 0.290 e. The minimum atomic E-state index is -4.80. The number of thioether (sulfide) groups is 1. The quantitative estimate of drug-likeness (QED) is 0.592. The standard InChI is InChI=1S/C18H14F3N3OS/c19-18(20,21)15(25)11-12-26-17-23-22-16(13-7-3-1-4-8-13)24(17)14-9-5-2-6-10-14/h1-10H,11-12H2. The summed E-state index contributed by atoms with van der Waals surface area (Å²) in [5, 5.41) is 8.74. The fraction of sp³-hybridized carbons (Fsp3) is 0.167. The number of carbonyl (C=O) groups is 1. The summed E-state index contributed by atoms with van der Waals surface area (Å²) in [7, 11) is 0. The highest BCUT2D eigenvalue weighted by molar-refractivity contribution is 7.99. The number of benzene rings is 2. The molecule has 0 fully saturated rings. The number of alkyl halides is 3. The number of halogens is 3. The molecular formula is C18H14F3N3OS. The summed E-state index contributed by atoms with van der Waals surface area (Å²) >= 11 is 1.07. The van der Waals surface area contributed by atoms with Gasteiger partial charge in [-0.05, 0) is 12.1 Å². The molecule has 26 heavy (non-hydrogen) atoms. The third-order valence-electron chi connectivity index (χ3n) is 3.56. The Morgan fingerprint density at radius 1 is 0.962 bits per heavy atom. The second-order valence-corrected chi connectivity index (χ2v) is 6.42. The van der Waals surface area contributed by atoms with Crippen molar-refractivity contribution in [3.8, 4) is 17.1 Å². The third-order valence-corrected chi connectivity index (χ3v) is 4.49. The number of aromatic nitrogens is 3. The van der Waals surface area contributed by atoms with Crippen molar-refractivity contribution in [2.24, 2.45) is 0 Å². The van der Waals surface area contributed by atoms with Gasteiger partial charge in [0.05, 0.1) is 0 Å². The third kappa shape index (κ3) is 4.13. The predicted octanol–water partition coefficient (Wildman–Crippen LogP) is 4.55. The lowest BCUT2D eigenvalue weighted by molar-refractivity contribution is -0.170. The van der Waals surface area contributed by atoms with Crippen molar-refractivity contribution >= 4 is 17.5 Å². The van der Waals surface area contributed by atoms with E-state index in [2.05, 4.69) is 10.2 Å². The van der Waals surface area contributed by atoms with Crippen LogP contribution in [0.4, 0.5) is 13.2 Å². The molecule has 1 aromatic heterocycles. The number of rotatable bonds is 6. The molecule has 0 saturated heterocycles. The van der Waals surface area contributed by atoms with Crippen LogP contribution in [0.2, 0.25) is 0 Å². The monoisotopic (exact) mass is 377 g/mol. The van der Waals surface area contributed by atoms with Crippen molar-refractivity contribution in [2.45, 2.75) is 17.8 Å². The average Bonchev–Trinajstić information content (AvgIpc) is 3.06. The van der Waals surface area contributed by atoms with Crippen LogP contribution in [0.15, 0.2) is 65.8 Å². The highest BCUT2D eigenvalue weighted by atomic mass is 32.2. The zero-order chi connectivity index (χ0) is 18.6. The number of Topliss-reactive ketones (excluding diaryl/α,β-unsaturated/α-hetero) is 1. The van der Waals surface area contributed by atoms with E-state index < -0.39 is 18.4 Å². The lowest BCUT2D eigenvalue weighted by Gasteiger charge is -2.10. The van der Waals surface area contributed by atoms with E-state index in [1.54, 1.807) is 4.57 Å². The molecule has 0 saturated carbocycles. The van der Waals surface area contributed by atoms with E-state index in [4.69, 9.17) is 0 Å². The predicted molar refractivity (Wildman–Crippen MR) is 93.2 cm³/mol. The molecule has 134 valence electrons. The van der Waals surface area contributed by atoms with Crippen molar-refractivity contribution in [3.05, 3.63) is 60.7 Å². The Balaban J connectivity index is 1.89. The number of ketones is 1. The zero-order valence-electron chi connectivity index (χ0n) is 13.5. The van der Waals surface area contributed by atoms with Gasteiger partial charge in [0, 0.05) is 23.4 Å². The van der Waals surface area contributed by atoms with Crippen molar-refractivity contribution in [1.29, 1.82) is 0 Å². The van der Waals surface area contributed by atoms with Gasteiger partial charge in [-0.3, -0.25) is 9.36 Å². The maximum atomic E-state index is 12.4. The van der Waals surface area contributed by atoms with Crippen LogP contribution in [0.25, 0.3) is 17.1 Å². The summed E-state index contributed by atoms with van der Waals surface area (Å²) in [4.78, 5) is 11.1. The molecule has 4 nitrogen and oxygen atoms in total. The maximum absolute atomic E-state index is 12.4. The van der Waals surface area contributed by atoms with Gasteiger partial charge in [0.1, 0.15) is 0 Å². The first-order chi connectivity index (χ1) is 12.5. The van der Waals surface area contributed by atoms with E-state index in [0.717, 1.165) is 23.0 Å². The molecule has 0 spiro atoms. The van der Waals surface area contributed by atoms with Gasteiger partial charge < -0.3 is 0 Å². The number of hydrogen-bond donors (Lipinski definition) is 0. The molecule has 0 amide bonds. The highest BCUT2D eigenvalue weighted by Crippen LogP contribution is 2.29. The van der Waals surface area contributed by atoms with Crippen molar-refractivity contribution in [2.75, 3.05) is 5.75 Å². The molecule has 0 atom stereocenters. The molecule has 3 aromatic rings. The Hall–Kier alpha value is -2.61. The summed E-state index contributed by atoms with van der Waals surface area (Å²) < 4.78 is 38.8. The second-order valence-electron chi connectivity index (χ2n) is 5.36. The topological polar surface area (TPSA) is 47.8 Å². The van der Waals surface area contributed by atoms with Gasteiger partial charge in [0.15, 0.2) is 11.0 Å². The Morgan fingerprint density at radius 3 is 2.19 bits per heavy atom. The first kappa shape index (κ1) is 18.2. The fourth-order valence-corrected chi connectivity index (χ4v) is 3.21. The molecule has 0 aliphatic carbocycles. The first-order valence-corrected chi connectivity index (χ1v) is 8.74. The van der Waals surface area contributed by atoms with Gasteiger partial charge in [0.25, 0.3) is 0 Å². The summed E-state index contributed by atoms with van der Waals surface area (Å²) in [5.41, 5.74) is 1.63. The van der Waals surface area contributed by atoms with Crippen LogP contribution in [0.3, 0.4) is 0 Å². The van der Waals surface area contributed by atoms with Crippen molar-refractivity contribution in [3.63, 3.8) is 0 Å². The zero-order valence-corrected chi connectivity index (χ0v) is 14.3. The Labute approximate surface area is 152 Å². The summed E-state index contributed by atoms with van der Waals surface area (Å²) in [5.74, 6) is -1.18. The van der Waals surface area contributed by atoms with Crippen LogP contribution in [0, 0.1) is 0 Å². The fourth-order valence-electron chi connectivity index (χ4n) is 2.32. The number of carbonyl (C=O) groups excluding carboxylic acids is 1. The van der Waals surface area contributed by atoms with Crippen LogP contribution >= 0.6 is 11.8 Å². The van der Waals surface area contributed by atoms with Gasteiger partial charge >= 0.3 is 6.18 Å². The number of para-hydroxylation sites is 1. The normalized spacial score (nSPS) is 11.5. The lowest BCUT2D eigenvalue weighted by atomic mass is 10.2. The molecule has 8 heteroatoms. The van der Waals surface area contributed by atoms with Gasteiger partial charge in [0.2, 0.25) is 5.78 Å². The molecule has 0 aliphatic heterocycles. The van der Waals surface area contributed by atoms with Crippen molar-refractivity contribution < 1.29 is 18.0 Å². The minimum Gasteiger partial charge on any atom is -0.290 e. The van der Waals surface area contributed by atoms with E-state index >= 15 is 0 Å². The molecule has 3 rings (SSSR count). The maximum Gasteiger partial charge on any atom is 0.450 e. The first-order valence-electron chi connectivity index (χ1n) is 7.76. The highest BCUT2D eigenvalue weighted by Gasteiger charge is 2.37. The summed E-state index contributed by atoms with van der Waals surface area (Å²) in [6, 6.07) is 18.7. The van der Waals surface area contributed by atoms with Crippen molar-refractivity contribution in [1.82, 2.24) is 14.8 Å². The summed E-state index contributed by atoms with van der Waals surface area (Å²) in [6.45, 7) is 0. The van der Waals surface area contributed by atoms with E-state index in [1.165, 1.54) is 0 Å². The average molecular weight is 377 g/mol. The van der Waals surface area contributed by atoms with Gasteiger partial charge in [-0.15, -0.1) is 10.2 Å². The van der Waals surface area contributed by atoms with Crippen LogP contribution in [0.1, 0.15) is 6.42 Å².